The van der Waals surface area contributed by atoms with E-state index >= 15 is 0 Å². The monoisotopic (exact) mass is 197 g/mol. The van der Waals surface area contributed by atoms with Crippen LogP contribution in [0.3, 0.4) is 0 Å². The van der Waals surface area contributed by atoms with E-state index in [1.807, 2.05) is 0 Å². The number of rotatable bonds is 3. The average Bonchev–Trinajstić information content (AvgIpc) is 2.16. The van der Waals surface area contributed by atoms with Crippen LogP contribution in [0.2, 0.25) is 0 Å². The summed E-state index contributed by atoms with van der Waals surface area (Å²) < 4.78 is 0. The van der Waals surface area contributed by atoms with Gasteiger partial charge in [0.05, 0.1) is 10.5 Å². The molecule has 14 heavy (non-hydrogen) atoms. The molecule has 0 aliphatic heterocycles. The van der Waals surface area contributed by atoms with Crippen LogP contribution in [0.15, 0.2) is 18.2 Å². The van der Waals surface area contributed by atoms with Gasteiger partial charge in [-0.3, -0.25) is 14.9 Å². The van der Waals surface area contributed by atoms with E-state index in [-0.39, 0.29) is 17.0 Å². The second-order valence-electron chi connectivity index (χ2n) is 2.42. The van der Waals surface area contributed by atoms with Gasteiger partial charge in [-0.05, 0) is 6.07 Å². The summed E-state index contributed by atoms with van der Waals surface area (Å²) >= 11 is 0. The number of hydrogen-bond donors (Lipinski definition) is 2. The maximum absolute atomic E-state index is 10.8. The highest BCUT2D eigenvalue weighted by Crippen LogP contribution is 2.22. The topological polar surface area (TPSA) is 121 Å². The van der Waals surface area contributed by atoms with E-state index < -0.39 is 10.8 Å². The third-order valence-electron chi connectivity index (χ3n) is 1.57. The molecule has 0 aliphatic carbocycles. The molecule has 0 atom stereocenters. The van der Waals surface area contributed by atoms with Crippen molar-refractivity contribution in [1.29, 1.82) is 0 Å². The van der Waals surface area contributed by atoms with E-state index in [9.17, 15) is 14.9 Å². The molecule has 7 nitrogen and oxygen atoms in total. The number of carbonyl (C=O) groups excluding carboxylic acids is 1. The Morgan fingerprint density at radius 2 is 2.14 bits per heavy atom. The van der Waals surface area contributed by atoms with Gasteiger partial charge in [0.15, 0.2) is 5.75 Å². The minimum Gasteiger partial charge on any atom is -0.411 e. The molecule has 7 heteroatoms. The van der Waals surface area contributed by atoms with Crippen molar-refractivity contribution in [2.45, 2.75) is 0 Å². The van der Waals surface area contributed by atoms with Crippen molar-refractivity contribution in [3.8, 4) is 5.75 Å². The molecule has 0 spiro atoms. The average molecular weight is 197 g/mol. The van der Waals surface area contributed by atoms with Gasteiger partial charge < -0.3 is 10.6 Å². The number of amides is 1. The van der Waals surface area contributed by atoms with Crippen molar-refractivity contribution in [3.63, 3.8) is 0 Å². The Morgan fingerprint density at radius 1 is 1.50 bits per heavy atom. The number of nitro benzene ring substituents is 1. The van der Waals surface area contributed by atoms with Crippen LogP contribution < -0.4 is 16.5 Å². The largest absolute Gasteiger partial charge is 0.411 e. The molecular weight excluding hydrogens is 190 g/mol. The van der Waals surface area contributed by atoms with Gasteiger partial charge in [-0.15, -0.1) is 0 Å². The van der Waals surface area contributed by atoms with E-state index in [1.54, 1.807) is 0 Å². The van der Waals surface area contributed by atoms with E-state index in [0.717, 1.165) is 12.1 Å². The van der Waals surface area contributed by atoms with Crippen LogP contribution in [-0.2, 0) is 0 Å². The maximum atomic E-state index is 10.8. The lowest BCUT2D eigenvalue weighted by Crippen LogP contribution is -2.15. The molecule has 0 aliphatic rings. The third-order valence-corrected chi connectivity index (χ3v) is 1.57. The zero-order chi connectivity index (χ0) is 10.7. The number of benzene rings is 1. The molecule has 0 radical (unpaired) electrons. The van der Waals surface area contributed by atoms with Crippen LogP contribution in [0, 0.1) is 10.1 Å². The summed E-state index contributed by atoms with van der Waals surface area (Å²) in [5.74, 6) is 4.00. The zero-order valence-corrected chi connectivity index (χ0v) is 6.97. The number of non-ortho nitro benzene ring substituents is 1. The highest BCUT2D eigenvalue weighted by molar-refractivity contribution is 5.96. The van der Waals surface area contributed by atoms with Crippen LogP contribution in [0.4, 0.5) is 5.69 Å². The molecule has 1 amide bonds. The minimum absolute atomic E-state index is 0.00287. The van der Waals surface area contributed by atoms with Crippen LogP contribution in [0.1, 0.15) is 10.4 Å². The number of hydrogen-bond acceptors (Lipinski definition) is 5. The second-order valence-corrected chi connectivity index (χ2v) is 2.42. The van der Waals surface area contributed by atoms with Gasteiger partial charge in [-0.1, -0.05) is 0 Å². The van der Waals surface area contributed by atoms with Gasteiger partial charge in [0.2, 0.25) is 0 Å². The molecule has 4 N–H and O–H groups in total. The first-order valence-electron chi connectivity index (χ1n) is 3.51. The zero-order valence-electron chi connectivity index (χ0n) is 6.97. The van der Waals surface area contributed by atoms with Crippen molar-refractivity contribution in [2.75, 3.05) is 0 Å². The van der Waals surface area contributed by atoms with Crippen molar-refractivity contribution >= 4 is 11.6 Å². The van der Waals surface area contributed by atoms with Crippen molar-refractivity contribution in [2.24, 2.45) is 11.6 Å². The summed E-state index contributed by atoms with van der Waals surface area (Å²) in [5, 5.41) is 10.4. The summed E-state index contributed by atoms with van der Waals surface area (Å²) in [6.45, 7) is 0. The molecule has 0 aromatic heterocycles. The van der Waals surface area contributed by atoms with Crippen molar-refractivity contribution < 1.29 is 14.6 Å². The molecule has 0 heterocycles. The number of nitrogens with two attached hydrogens (primary N) is 2. The lowest BCUT2D eigenvalue weighted by atomic mass is 10.1. The van der Waals surface area contributed by atoms with E-state index in [4.69, 9.17) is 11.6 Å². The van der Waals surface area contributed by atoms with Crippen molar-refractivity contribution in [3.05, 3.63) is 33.9 Å². The first kappa shape index (κ1) is 9.93. The van der Waals surface area contributed by atoms with Crippen LogP contribution in [0.5, 0.6) is 5.75 Å². The number of carbonyl (C=O) groups is 1. The van der Waals surface area contributed by atoms with E-state index in [0.29, 0.717) is 0 Å². The van der Waals surface area contributed by atoms with Gasteiger partial charge in [-0.2, -0.15) is 5.90 Å². The lowest BCUT2D eigenvalue weighted by molar-refractivity contribution is -0.384. The molecule has 1 rings (SSSR count). The fourth-order valence-corrected chi connectivity index (χ4v) is 0.927. The Bertz CT molecular complexity index is 391. The highest BCUT2D eigenvalue weighted by atomic mass is 16.6. The maximum Gasteiger partial charge on any atom is 0.270 e. The molecule has 1 aromatic carbocycles. The van der Waals surface area contributed by atoms with Crippen LogP contribution in [0.25, 0.3) is 0 Å². The van der Waals surface area contributed by atoms with Gasteiger partial charge in [0.1, 0.15) is 0 Å². The number of primary amides is 1. The Hall–Kier alpha value is -2.15. The van der Waals surface area contributed by atoms with Crippen molar-refractivity contribution in [1.82, 2.24) is 0 Å². The van der Waals surface area contributed by atoms with Crippen LogP contribution in [-0.4, -0.2) is 10.8 Å². The Labute approximate surface area is 78.4 Å². The van der Waals surface area contributed by atoms with Gasteiger partial charge >= 0.3 is 0 Å². The highest BCUT2D eigenvalue weighted by Gasteiger charge is 2.15. The van der Waals surface area contributed by atoms with E-state index in [2.05, 4.69) is 4.84 Å². The lowest BCUT2D eigenvalue weighted by Gasteiger charge is -2.02. The molecule has 1 aromatic rings. The molecule has 0 saturated carbocycles. The summed E-state index contributed by atoms with van der Waals surface area (Å²) in [6, 6.07) is 3.37. The molecule has 0 fully saturated rings. The van der Waals surface area contributed by atoms with Crippen LogP contribution >= 0.6 is 0 Å². The number of nitro groups is 1. The molecule has 0 saturated heterocycles. The smallest absolute Gasteiger partial charge is 0.270 e. The minimum atomic E-state index is -0.839. The second kappa shape index (κ2) is 3.71. The summed E-state index contributed by atoms with van der Waals surface area (Å²) in [7, 11) is 0. The van der Waals surface area contributed by atoms with E-state index in [1.165, 1.54) is 6.07 Å². The quantitative estimate of drug-likeness (QED) is 0.519. The Kier molecular flexibility index (Phi) is 2.63. The fourth-order valence-electron chi connectivity index (χ4n) is 0.927. The molecule has 0 bridgehead atoms. The normalized spacial score (nSPS) is 9.50. The third kappa shape index (κ3) is 1.77. The number of nitrogens with zero attached hydrogens (tertiary/aromatic N) is 1. The molecule has 0 unspecified atom stereocenters. The first-order valence-corrected chi connectivity index (χ1v) is 3.51. The summed E-state index contributed by atoms with van der Waals surface area (Å²) in [5.41, 5.74) is 4.59. The molecule has 74 valence electrons. The Balaban J connectivity index is 3.27. The fraction of sp³-hybridized carbons (Fsp3) is 0. The predicted molar refractivity (Wildman–Crippen MR) is 46.4 cm³/mol. The SMILES string of the molecule is NOc1ccc([N+](=O)[O-])cc1C(N)=O. The molecular formula is C7H7N3O4. The van der Waals surface area contributed by atoms with Gasteiger partial charge in [-0.25, -0.2) is 0 Å². The summed E-state index contributed by atoms with van der Waals surface area (Å²) in [6.07, 6.45) is 0. The van der Waals surface area contributed by atoms with Gasteiger partial charge in [0.25, 0.3) is 11.6 Å². The summed E-state index contributed by atoms with van der Waals surface area (Å²) in [4.78, 5) is 24.8. The first-order chi connectivity index (χ1) is 6.56. The van der Waals surface area contributed by atoms with Gasteiger partial charge in [0, 0.05) is 12.1 Å². The standard InChI is InChI=1S/C7H7N3O4/c8-7(11)5-3-4(10(12)13)1-2-6(5)14-9/h1-3H,9H2,(H2,8,11). The predicted octanol–water partition coefficient (Wildman–Crippen LogP) is -0.0538. The Morgan fingerprint density at radius 3 is 2.57 bits per heavy atom.